The first-order valence-electron chi connectivity index (χ1n) is 11.6. The van der Waals surface area contributed by atoms with Gasteiger partial charge in [0.1, 0.15) is 0 Å². The monoisotopic (exact) mass is 436 g/mol. The van der Waals surface area contributed by atoms with E-state index in [9.17, 15) is 9.59 Å². The number of piperidine rings is 1. The van der Waals surface area contributed by atoms with Gasteiger partial charge in [0.2, 0.25) is 5.91 Å². The van der Waals surface area contributed by atoms with Gasteiger partial charge in [0, 0.05) is 36.3 Å². The van der Waals surface area contributed by atoms with Crippen molar-refractivity contribution in [1.29, 1.82) is 0 Å². The van der Waals surface area contributed by atoms with Gasteiger partial charge >= 0.3 is 0 Å². The van der Waals surface area contributed by atoms with E-state index in [0.29, 0.717) is 11.6 Å². The standard InChI is InChI=1S/C26H36N4O2/c1-4-30(19(2)3)18-20-8-10-23(11-9-20)26(32)28-24-7-5-6-21(16-24)17-29-14-12-22(13-15-29)25(27)31/h5-11,16,19,22H,4,12-15,17-18H2,1-3H3,(H2,27,31)(H,28,32). The van der Waals surface area contributed by atoms with Gasteiger partial charge in [0.15, 0.2) is 0 Å². The topological polar surface area (TPSA) is 78.7 Å². The molecule has 1 aliphatic heterocycles. The highest BCUT2D eigenvalue weighted by molar-refractivity contribution is 6.04. The lowest BCUT2D eigenvalue weighted by Gasteiger charge is -2.30. The van der Waals surface area contributed by atoms with E-state index in [-0.39, 0.29) is 17.7 Å². The molecule has 0 unspecified atom stereocenters. The molecular weight excluding hydrogens is 400 g/mol. The molecule has 172 valence electrons. The molecule has 1 heterocycles. The lowest BCUT2D eigenvalue weighted by Crippen LogP contribution is -2.38. The van der Waals surface area contributed by atoms with Crippen molar-refractivity contribution < 1.29 is 9.59 Å². The van der Waals surface area contributed by atoms with Crippen molar-refractivity contribution in [2.75, 3.05) is 25.0 Å². The number of hydrogen-bond donors (Lipinski definition) is 2. The Labute approximate surface area is 191 Å². The predicted molar refractivity (Wildman–Crippen MR) is 129 cm³/mol. The molecular formula is C26H36N4O2. The quantitative estimate of drug-likeness (QED) is 0.626. The Balaban J connectivity index is 1.56. The summed E-state index contributed by atoms with van der Waals surface area (Å²) in [6, 6.07) is 16.3. The summed E-state index contributed by atoms with van der Waals surface area (Å²) < 4.78 is 0. The minimum atomic E-state index is -0.190. The van der Waals surface area contributed by atoms with Crippen molar-refractivity contribution in [3.05, 3.63) is 65.2 Å². The Bertz CT molecular complexity index is 902. The van der Waals surface area contributed by atoms with E-state index >= 15 is 0 Å². The van der Waals surface area contributed by atoms with Gasteiger partial charge in [-0.2, -0.15) is 0 Å². The molecule has 3 N–H and O–H groups in total. The van der Waals surface area contributed by atoms with Crippen molar-refractivity contribution in [2.24, 2.45) is 11.7 Å². The molecule has 0 aliphatic carbocycles. The Kier molecular flexibility index (Phi) is 8.42. The zero-order valence-corrected chi connectivity index (χ0v) is 19.5. The van der Waals surface area contributed by atoms with E-state index in [0.717, 1.165) is 56.8 Å². The molecule has 0 atom stereocenters. The molecule has 3 rings (SSSR count). The van der Waals surface area contributed by atoms with Gasteiger partial charge in [0.05, 0.1) is 0 Å². The van der Waals surface area contributed by atoms with Crippen molar-refractivity contribution in [3.63, 3.8) is 0 Å². The Morgan fingerprint density at radius 3 is 2.38 bits per heavy atom. The van der Waals surface area contributed by atoms with E-state index in [1.165, 1.54) is 5.56 Å². The molecule has 0 aromatic heterocycles. The highest BCUT2D eigenvalue weighted by atomic mass is 16.2. The zero-order chi connectivity index (χ0) is 23.1. The van der Waals surface area contributed by atoms with E-state index in [1.54, 1.807) is 0 Å². The second-order valence-electron chi connectivity index (χ2n) is 8.96. The summed E-state index contributed by atoms with van der Waals surface area (Å²) in [6.45, 7) is 11.0. The maximum absolute atomic E-state index is 12.7. The second kappa shape index (κ2) is 11.2. The van der Waals surface area contributed by atoms with E-state index in [2.05, 4.69) is 42.0 Å². The van der Waals surface area contributed by atoms with Crippen molar-refractivity contribution in [2.45, 2.75) is 52.7 Å². The molecule has 0 saturated carbocycles. The summed E-state index contributed by atoms with van der Waals surface area (Å²) >= 11 is 0. The van der Waals surface area contributed by atoms with Crippen molar-refractivity contribution in [3.8, 4) is 0 Å². The molecule has 0 radical (unpaired) electrons. The summed E-state index contributed by atoms with van der Waals surface area (Å²) in [6.07, 6.45) is 1.63. The third-order valence-corrected chi connectivity index (χ3v) is 6.32. The van der Waals surface area contributed by atoms with Gasteiger partial charge in [-0.15, -0.1) is 0 Å². The summed E-state index contributed by atoms with van der Waals surface area (Å²) in [5.41, 5.74) is 9.22. The number of hydrogen-bond acceptors (Lipinski definition) is 4. The van der Waals surface area contributed by atoms with E-state index < -0.39 is 0 Å². The van der Waals surface area contributed by atoms with Gasteiger partial charge in [0.25, 0.3) is 5.91 Å². The van der Waals surface area contributed by atoms with Crippen LogP contribution in [0, 0.1) is 5.92 Å². The van der Waals surface area contributed by atoms with Gasteiger partial charge in [-0.1, -0.05) is 31.2 Å². The number of carbonyl (C=O) groups excluding carboxylic acids is 2. The predicted octanol–water partition coefficient (Wildman–Crippen LogP) is 3.87. The van der Waals surface area contributed by atoms with Crippen LogP contribution in [0.2, 0.25) is 0 Å². The van der Waals surface area contributed by atoms with Crippen LogP contribution in [-0.4, -0.2) is 47.3 Å². The minimum Gasteiger partial charge on any atom is -0.369 e. The zero-order valence-electron chi connectivity index (χ0n) is 19.5. The fourth-order valence-electron chi connectivity index (χ4n) is 4.24. The molecule has 6 heteroatoms. The fourth-order valence-corrected chi connectivity index (χ4v) is 4.24. The molecule has 1 fully saturated rings. The highest BCUT2D eigenvalue weighted by Gasteiger charge is 2.23. The smallest absolute Gasteiger partial charge is 0.255 e. The Hall–Kier alpha value is -2.70. The first-order valence-corrected chi connectivity index (χ1v) is 11.6. The van der Waals surface area contributed by atoms with Crippen LogP contribution in [0.1, 0.15) is 55.1 Å². The van der Waals surface area contributed by atoms with Crippen LogP contribution in [0.3, 0.4) is 0 Å². The largest absolute Gasteiger partial charge is 0.369 e. The van der Waals surface area contributed by atoms with Crippen molar-refractivity contribution >= 4 is 17.5 Å². The van der Waals surface area contributed by atoms with Gasteiger partial charge < -0.3 is 11.1 Å². The molecule has 0 spiro atoms. The highest BCUT2D eigenvalue weighted by Crippen LogP contribution is 2.20. The molecule has 32 heavy (non-hydrogen) atoms. The average molecular weight is 437 g/mol. The third kappa shape index (κ3) is 6.65. The van der Waals surface area contributed by atoms with Crippen LogP contribution < -0.4 is 11.1 Å². The third-order valence-electron chi connectivity index (χ3n) is 6.32. The number of anilines is 1. The number of primary amides is 1. The van der Waals surface area contributed by atoms with E-state index in [4.69, 9.17) is 5.73 Å². The summed E-state index contributed by atoms with van der Waals surface area (Å²) in [4.78, 5) is 28.8. The van der Waals surface area contributed by atoms with E-state index in [1.807, 2.05) is 42.5 Å². The first-order chi connectivity index (χ1) is 15.4. The summed E-state index contributed by atoms with van der Waals surface area (Å²) in [5.74, 6) is -0.295. The van der Waals surface area contributed by atoms with Crippen LogP contribution in [0.25, 0.3) is 0 Å². The number of benzene rings is 2. The van der Waals surface area contributed by atoms with Gasteiger partial charge in [-0.25, -0.2) is 0 Å². The molecule has 2 aromatic rings. The molecule has 2 amide bonds. The number of amides is 2. The Morgan fingerprint density at radius 2 is 1.78 bits per heavy atom. The Morgan fingerprint density at radius 1 is 1.09 bits per heavy atom. The number of nitrogens with zero attached hydrogens (tertiary/aromatic N) is 2. The molecule has 6 nitrogen and oxygen atoms in total. The maximum atomic E-state index is 12.7. The average Bonchev–Trinajstić information content (AvgIpc) is 2.78. The van der Waals surface area contributed by atoms with Crippen LogP contribution in [-0.2, 0) is 17.9 Å². The SMILES string of the molecule is CCN(Cc1ccc(C(=O)Nc2cccc(CN3CCC(C(N)=O)CC3)c2)cc1)C(C)C. The molecule has 1 aliphatic rings. The molecule has 0 bridgehead atoms. The molecule has 2 aromatic carbocycles. The normalized spacial score (nSPS) is 15.3. The minimum absolute atomic E-state index is 0.00122. The first kappa shape index (κ1) is 24.0. The van der Waals surface area contributed by atoms with Crippen LogP contribution in [0.5, 0.6) is 0 Å². The second-order valence-corrected chi connectivity index (χ2v) is 8.96. The number of nitrogens with two attached hydrogens (primary N) is 1. The lowest BCUT2D eigenvalue weighted by atomic mass is 9.96. The lowest BCUT2D eigenvalue weighted by molar-refractivity contribution is -0.123. The molecule has 1 saturated heterocycles. The number of likely N-dealkylation sites (tertiary alicyclic amines) is 1. The summed E-state index contributed by atoms with van der Waals surface area (Å²) in [5, 5.41) is 3.02. The van der Waals surface area contributed by atoms with Crippen LogP contribution in [0.4, 0.5) is 5.69 Å². The van der Waals surface area contributed by atoms with Crippen LogP contribution >= 0.6 is 0 Å². The number of carbonyl (C=O) groups is 2. The summed E-state index contributed by atoms with van der Waals surface area (Å²) in [7, 11) is 0. The van der Waals surface area contributed by atoms with Crippen LogP contribution in [0.15, 0.2) is 48.5 Å². The van der Waals surface area contributed by atoms with Gasteiger partial charge in [-0.3, -0.25) is 19.4 Å². The maximum Gasteiger partial charge on any atom is 0.255 e. The number of rotatable bonds is 9. The fraction of sp³-hybridized carbons (Fsp3) is 0.462. The van der Waals surface area contributed by atoms with Crippen molar-refractivity contribution in [1.82, 2.24) is 9.80 Å². The number of nitrogens with one attached hydrogen (secondary N) is 1. The van der Waals surface area contributed by atoms with Gasteiger partial charge in [-0.05, 0) is 81.7 Å².